The molecule has 18 heavy (non-hydrogen) atoms. The third-order valence-electron chi connectivity index (χ3n) is 2.58. The molecule has 5 heteroatoms. The number of ether oxygens (including phenoxy) is 1. The van der Waals surface area contributed by atoms with Gasteiger partial charge in [-0.1, -0.05) is 11.6 Å². The number of halogens is 1. The van der Waals surface area contributed by atoms with Crippen LogP contribution in [-0.2, 0) is 9.53 Å². The number of amides is 1. The number of nitrogens with zero attached hydrogens (tertiary/aromatic N) is 1. The van der Waals surface area contributed by atoms with Crippen LogP contribution in [0.4, 0.5) is 0 Å². The number of hydrogen-bond donors (Lipinski definition) is 0. The van der Waals surface area contributed by atoms with Crippen LogP contribution in [0.2, 0.25) is 0 Å². The van der Waals surface area contributed by atoms with E-state index in [0.29, 0.717) is 12.1 Å². The predicted molar refractivity (Wildman–Crippen MR) is 72.5 cm³/mol. The van der Waals surface area contributed by atoms with E-state index in [1.54, 1.807) is 7.05 Å². The molecule has 98 valence electrons. The summed E-state index contributed by atoms with van der Waals surface area (Å²) < 4.78 is 5.30. The second kappa shape index (κ2) is 6.54. The highest BCUT2D eigenvalue weighted by Gasteiger charge is 2.15. The standard InChI is InChI=1S/C13H16BrNO3/c1-9-4-5-11(14)10(8-9)13(17)15(2)7-6-12(16)18-3/h4-5,8H,6-7H2,1-3H3. The van der Waals surface area contributed by atoms with Gasteiger partial charge in [-0.05, 0) is 35.0 Å². The first-order chi connectivity index (χ1) is 8.45. The summed E-state index contributed by atoms with van der Waals surface area (Å²) in [5.74, 6) is -0.438. The minimum Gasteiger partial charge on any atom is -0.469 e. The van der Waals surface area contributed by atoms with Gasteiger partial charge in [0.1, 0.15) is 0 Å². The maximum atomic E-state index is 12.2. The molecular formula is C13H16BrNO3. The summed E-state index contributed by atoms with van der Waals surface area (Å²) in [6.45, 7) is 2.27. The molecule has 0 aliphatic heterocycles. The fraction of sp³-hybridized carbons (Fsp3) is 0.385. The van der Waals surface area contributed by atoms with E-state index in [1.807, 2.05) is 25.1 Å². The number of benzene rings is 1. The summed E-state index contributed by atoms with van der Waals surface area (Å²) >= 11 is 3.35. The Morgan fingerprint density at radius 1 is 1.39 bits per heavy atom. The summed E-state index contributed by atoms with van der Waals surface area (Å²) in [6.07, 6.45) is 0.197. The molecule has 1 rings (SSSR count). The van der Waals surface area contributed by atoms with Crippen LogP contribution in [0, 0.1) is 6.92 Å². The van der Waals surface area contributed by atoms with Gasteiger partial charge in [-0.15, -0.1) is 0 Å². The van der Waals surface area contributed by atoms with E-state index in [4.69, 9.17) is 0 Å². The predicted octanol–water partition coefficient (Wildman–Crippen LogP) is 2.39. The molecule has 0 spiro atoms. The average Bonchev–Trinajstić information content (AvgIpc) is 2.37. The number of aryl methyl sites for hydroxylation is 1. The molecule has 0 aliphatic carbocycles. The van der Waals surface area contributed by atoms with Crippen molar-refractivity contribution in [3.8, 4) is 0 Å². The summed E-state index contributed by atoms with van der Waals surface area (Å²) in [6, 6.07) is 5.59. The Morgan fingerprint density at radius 2 is 2.06 bits per heavy atom. The molecule has 4 nitrogen and oxygen atoms in total. The Balaban J connectivity index is 2.74. The monoisotopic (exact) mass is 313 g/mol. The third kappa shape index (κ3) is 3.84. The highest BCUT2D eigenvalue weighted by molar-refractivity contribution is 9.10. The average molecular weight is 314 g/mol. The molecule has 0 aliphatic rings. The van der Waals surface area contributed by atoms with Crippen molar-refractivity contribution in [2.45, 2.75) is 13.3 Å². The summed E-state index contributed by atoms with van der Waals surface area (Å²) in [5, 5.41) is 0. The minimum atomic E-state index is -0.321. The number of carbonyl (C=O) groups excluding carboxylic acids is 2. The van der Waals surface area contributed by atoms with Gasteiger partial charge in [-0.3, -0.25) is 9.59 Å². The lowest BCUT2D eigenvalue weighted by atomic mass is 10.1. The van der Waals surface area contributed by atoms with Gasteiger partial charge < -0.3 is 9.64 Å². The zero-order valence-electron chi connectivity index (χ0n) is 10.7. The fourth-order valence-corrected chi connectivity index (χ4v) is 1.89. The van der Waals surface area contributed by atoms with E-state index < -0.39 is 0 Å². The molecule has 0 fully saturated rings. The number of rotatable bonds is 4. The molecule has 0 saturated carbocycles. The fourth-order valence-electron chi connectivity index (χ4n) is 1.47. The first-order valence-corrected chi connectivity index (χ1v) is 6.33. The highest BCUT2D eigenvalue weighted by atomic mass is 79.9. The lowest BCUT2D eigenvalue weighted by Gasteiger charge is -2.17. The number of methoxy groups -OCH3 is 1. The number of esters is 1. The van der Waals surface area contributed by atoms with E-state index in [1.165, 1.54) is 12.0 Å². The largest absolute Gasteiger partial charge is 0.469 e. The van der Waals surface area contributed by atoms with Crippen molar-refractivity contribution in [3.05, 3.63) is 33.8 Å². The summed E-state index contributed by atoms with van der Waals surface area (Å²) in [7, 11) is 3.00. The van der Waals surface area contributed by atoms with Crippen LogP contribution < -0.4 is 0 Å². The Kier molecular flexibility index (Phi) is 5.34. The van der Waals surface area contributed by atoms with Crippen LogP contribution in [0.5, 0.6) is 0 Å². The Morgan fingerprint density at radius 3 is 2.67 bits per heavy atom. The van der Waals surface area contributed by atoms with Crippen LogP contribution in [0.15, 0.2) is 22.7 Å². The molecule has 0 saturated heterocycles. The molecule has 0 unspecified atom stereocenters. The smallest absolute Gasteiger partial charge is 0.307 e. The van der Waals surface area contributed by atoms with E-state index in [2.05, 4.69) is 20.7 Å². The molecule has 1 amide bonds. The van der Waals surface area contributed by atoms with Crippen LogP contribution in [0.25, 0.3) is 0 Å². The van der Waals surface area contributed by atoms with E-state index in [9.17, 15) is 9.59 Å². The molecule has 0 aromatic heterocycles. The molecular weight excluding hydrogens is 298 g/mol. The van der Waals surface area contributed by atoms with Crippen molar-refractivity contribution in [2.75, 3.05) is 20.7 Å². The molecule has 1 aromatic rings. The molecule has 0 heterocycles. The van der Waals surface area contributed by atoms with Gasteiger partial charge in [-0.2, -0.15) is 0 Å². The molecule has 0 bridgehead atoms. The van der Waals surface area contributed by atoms with Crippen molar-refractivity contribution < 1.29 is 14.3 Å². The van der Waals surface area contributed by atoms with Crippen molar-refractivity contribution in [3.63, 3.8) is 0 Å². The quantitative estimate of drug-likeness (QED) is 0.802. The van der Waals surface area contributed by atoms with E-state index in [-0.39, 0.29) is 18.3 Å². The maximum absolute atomic E-state index is 12.2. The first kappa shape index (κ1) is 14.7. The Hall–Kier alpha value is -1.36. The maximum Gasteiger partial charge on any atom is 0.307 e. The van der Waals surface area contributed by atoms with Gasteiger partial charge in [0.15, 0.2) is 0 Å². The van der Waals surface area contributed by atoms with Gasteiger partial charge in [0.05, 0.1) is 19.1 Å². The number of hydrogen-bond acceptors (Lipinski definition) is 3. The van der Waals surface area contributed by atoms with Crippen molar-refractivity contribution in [2.24, 2.45) is 0 Å². The number of carbonyl (C=O) groups is 2. The van der Waals surface area contributed by atoms with E-state index in [0.717, 1.165) is 10.0 Å². The van der Waals surface area contributed by atoms with Crippen LogP contribution >= 0.6 is 15.9 Å². The summed E-state index contributed by atoms with van der Waals surface area (Å²) in [4.78, 5) is 24.7. The molecule has 0 N–H and O–H groups in total. The van der Waals surface area contributed by atoms with Crippen LogP contribution in [-0.4, -0.2) is 37.5 Å². The van der Waals surface area contributed by atoms with Gasteiger partial charge in [0, 0.05) is 18.1 Å². The zero-order chi connectivity index (χ0) is 13.7. The van der Waals surface area contributed by atoms with Crippen molar-refractivity contribution >= 4 is 27.8 Å². The normalized spacial score (nSPS) is 10.0. The van der Waals surface area contributed by atoms with Gasteiger partial charge >= 0.3 is 5.97 Å². The second-order valence-corrected chi connectivity index (χ2v) is 4.89. The highest BCUT2D eigenvalue weighted by Crippen LogP contribution is 2.19. The lowest BCUT2D eigenvalue weighted by molar-refractivity contribution is -0.140. The van der Waals surface area contributed by atoms with Crippen LogP contribution in [0.3, 0.4) is 0 Å². The van der Waals surface area contributed by atoms with Gasteiger partial charge in [-0.25, -0.2) is 0 Å². The first-order valence-electron chi connectivity index (χ1n) is 5.54. The lowest BCUT2D eigenvalue weighted by Crippen LogP contribution is -2.29. The van der Waals surface area contributed by atoms with Crippen LogP contribution in [0.1, 0.15) is 22.3 Å². The summed E-state index contributed by atoms with van der Waals surface area (Å²) in [5.41, 5.74) is 1.62. The topological polar surface area (TPSA) is 46.6 Å². The third-order valence-corrected chi connectivity index (χ3v) is 3.27. The minimum absolute atomic E-state index is 0.116. The SMILES string of the molecule is COC(=O)CCN(C)C(=O)c1cc(C)ccc1Br. The van der Waals surface area contributed by atoms with E-state index >= 15 is 0 Å². The zero-order valence-corrected chi connectivity index (χ0v) is 12.3. The van der Waals surface area contributed by atoms with Gasteiger partial charge in [0.2, 0.25) is 0 Å². The van der Waals surface area contributed by atoms with Gasteiger partial charge in [0.25, 0.3) is 5.91 Å². The second-order valence-electron chi connectivity index (χ2n) is 4.04. The Bertz CT molecular complexity index is 460. The van der Waals surface area contributed by atoms with Crippen molar-refractivity contribution in [1.29, 1.82) is 0 Å². The Labute approximate surface area is 115 Å². The van der Waals surface area contributed by atoms with Crippen molar-refractivity contribution in [1.82, 2.24) is 4.90 Å². The molecule has 1 aromatic carbocycles. The molecule has 0 radical (unpaired) electrons. The molecule has 0 atom stereocenters.